The Labute approximate surface area is 117 Å². The summed E-state index contributed by atoms with van der Waals surface area (Å²) >= 11 is 1.54. The van der Waals surface area contributed by atoms with E-state index in [0.29, 0.717) is 18.8 Å². The third kappa shape index (κ3) is 2.78. The van der Waals surface area contributed by atoms with E-state index in [4.69, 9.17) is 5.73 Å². The first kappa shape index (κ1) is 14.4. The minimum atomic E-state index is -0.407. The Bertz CT molecular complexity index is 411. The summed E-state index contributed by atoms with van der Waals surface area (Å²) in [6.45, 7) is 4.17. The number of imide groups is 1. The van der Waals surface area contributed by atoms with Crippen LogP contribution in [0.2, 0.25) is 0 Å². The monoisotopic (exact) mass is 284 g/mol. The van der Waals surface area contributed by atoms with Gasteiger partial charge in [-0.3, -0.25) is 19.3 Å². The average molecular weight is 284 g/mol. The summed E-state index contributed by atoms with van der Waals surface area (Å²) < 4.78 is 0. The minimum Gasteiger partial charge on any atom is -0.369 e. The lowest BCUT2D eigenvalue weighted by molar-refractivity contribution is -0.147. The third-order valence-electron chi connectivity index (χ3n) is 3.71. The second kappa shape index (κ2) is 5.53. The van der Waals surface area contributed by atoms with Gasteiger partial charge in [0, 0.05) is 6.42 Å². The number of primary amides is 1. The van der Waals surface area contributed by atoms with Gasteiger partial charge in [0.2, 0.25) is 17.7 Å². The van der Waals surface area contributed by atoms with Crippen LogP contribution in [0.25, 0.3) is 0 Å². The van der Waals surface area contributed by atoms with Crippen LogP contribution in [0.5, 0.6) is 0 Å². The Kier molecular flexibility index (Phi) is 4.18. The van der Waals surface area contributed by atoms with Gasteiger partial charge in [0.1, 0.15) is 0 Å². The van der Waals surface area contributed by atoms with E-state index in [-0.39, 0.29) is 35.4 Å². The maximum Gasteiger partial charge on any atom is 0.243 e. The summed E-state index contributed by atoms with van der Waals surface area (Å²) in [7, 11) is 0. The van der Waals surface area contributed by atoms with Crippen molar-refractivity contribution < 1.29 is 14.4 Å². The van der Waals surface area contributed by atoms with Crippen molar-refractivity contribution in [1.82, 2.24) is 4.90 Å². The molecule has 2 rings (SSSR count). The first-order valence-corrected chi connectivity index (χ1v) is 7.73. The Balaban J connectivity index is 2.01. The van der Waals surface area contributed by atoms with Crippen molar-refractivity contribution in [3.8, 4) is 0 Å². The van der Waals surface area contributed by atoms with Crippen molar-refractivity contribution in [1.29, 1.82) is 0 Å². The van der Waals surface area contributed by atoms with Crippen LogP contribution in [-0.4, -0.2) is 39.7 Å². The molecule has 2 aliphatic rings. The van der Waals surface area contributed by atoms with Gasteiger partial charge in [-0.05, 0) is 24.5 Å². The van der Waals surface area contributed by atoms with Gasteiger partial charge in [-0.1, -0.05) is 13.8 Å². The second-order valence-corrected chi connectivity index (χ2v) is 6.91. The fourth-order valence-electron chi connectivity index (χ4n) is 2.53. The van der Waals surface area contributed by atoms with Gasteiger partial charge in [0.15, 0.2) is 0 Å². The number of likely N-dealkylation sites (tertiary alicyclic amines) is 1. The number of hydrogen-bond donors (Lipinski definition) is 1. The van der Waals surface area contributed by atoms with E-state index in [1.807, 2.05) is 0 Å². The standard InChI is InChI=1S/C13H20N2O3S/c1-7(2)6-19-10-5-11(16)15(13(10)18)9-4-3-8(9)12(14)17/h7-10H,3-6H2,1-2H3,(H2,14,17). The normalized spacial score (nSPS) is 30.9. The molecular formula is C13H20N2O3S. The summed E-state index contributed by atoms with van der Waals surface area (Å²) in [5.74, 6) is 0.316. The van der Waals surface area contributed by atoms with Gasteiger partial charge >= 0.3 is 0 Å². The maximum absolute atomic E-state index is 12.3. The number of rotatable bonds is 5. The highest BCUT2D eigenvalue weighted by molar-refractivity contribution is 8.00. The molecule has 3 atom stereocenters. The molecule has 106 valence electrons. The smallest absolute Gasteiger partial charge is 0.243 e. The molecule has 0 aromatic heterocycles. The summed E-state index contributed by atoms with van der Waals surface area (Å²) in [6, 6.07) is -0.290. The predicted octanol–water partition coefficient (Wildman–Crippen LogP) is 0.767. The number of thioether (sulfide) groups is 1. The predicted molar refractivity (Wildman–Crippen MR) is 73.3 cm³/mol. The molecule has 0 aromatic rings. The van der Waals surface area contributed by atoms with E-state index >= 15 is 0 Å². The quantitative estimate of drug-likeness (QED) is 0.756. The Morgan fingerprint density at radius 3 is 2.58 bits per heavy atom. The molecule has 0 spiro atoms. The van der Waals surface area contributed by atoms with E-state index in [9.17, 15) is 14.4 Å². The first-order valence-electron chi connectivity index (χ1n) is 6.68. The number of carbonyl (C=O) groups is 3. The molecule has 1 saturated carbocycles. The molecule has 3 unspecified atom stereocenters. The fraction of sp³-hybridized carbons (Fsp3) is 0.769. The summed E-state index contributed by atoms with van der Waals surface area (Å²) in [5, 5.41) is -0.274. The molecule has 0 bridgehead atoms. The third-order valence-corrected chi connectivity index (χ3v) is 5.34. The van der Waals surface area contributed by atoms with Gasteiger partial charge in [0.05, 0.1) is 17.2 Å². The Hall–Kier alpha value is -1.04. The van der Waals surface area contributed by atoms with Crippen LogP contribution in [0.15, 0.2) is 0 Å². The van der Waals surface area contributed by atoms with E-state index in [2.05, 4.69) is 13.8 Å². The van der Waals surface area contributed by atoms with E-state index in [0.717, 1.165) is 5.75 Å². The van der Waals surface area contributed by atoms with E-state index < -0.39 is 5.91 Å². The fourth-order valence-corrected chi connectivity index (χ4v) is 3.67. The average Bonchev–Trinajstić information content (AvgIpc) is 2.52. The zero-order chi connectivity index (χ0) is 14.2. The highest BCUT2D eigenvalue weighted by atomic mass is 32.2. The van der Waals surface area contributed by atoms with Crippen LogP contribution in [0.4, 0.5) is 0 Å². The number of nitrogens with zero attached hydrogens (tertiary/aromatic N) is 1. The molecular weight excluding hydrogens is 264 g/mol. The number of nitrogens with two attached hydrogens (primary N) is 1. The maximum atomic E-state index is 12.3. The molecule has 1 aliphatic heterocycles. The molecule has 1 aliphatic carbocycles. The topological polar surface area (TPSA) is 80.5 Å². The van der Waals surface area contributed by atoms with Crippen LogP contribution >= 0.6 is 11.8 Å². The second-order valence-electron chi connectivity index (χ2n) is 5.68. The molecule has 1 saturated heterocycles. The Morgan fingerprint density at radius 1 is 1.42 bits per heavy atom. The molecule has 2 fully saturated rings. The molecule has 2 N–H and O–H groups in total. The molecule has 3 amide bonds. The van der Waals surface area contributed by atoms with Crippen molar-refractivity contribution in [3.05, 3.63) is 0 Å². The van der Waals surface area contributed by atoms with Crippen LogP contribution < -0.4 is 5.73 Å². The molecule has 6 heteroatoms. The SMILES string of the molecule is CC(C)CSC1CC(=O)N(C2CCC2C(N)=O)C1=O. The van der Waals surface area contributed by atoms with Gasteiger partial charge < -0.3 is 5.73 Å². The molecule has 0 radical (unpaired) electrons. The number of amides is 3. The molecule has 5 nitrogen and oxygen atoms in total. The Morgan fingerprint density at radius 2 is 2.11 bits per heavy atom. The number of carbonyl (C=O) groups excluding carboxylic acids is 3. The highest BCUT2D eigenvalue weighted by Gasteiger charge is 2.49. The van der Waals surface area contributed by atoms with Crippen molar-refractivity contribution in [2.24, 2.45) is 17.6 Å². The minimum absolute atomic E-state index is 0.133. The largest absolute Gasteiger partial charge is 0.369 e. The first-order chi connectivity index (χ1) is 8.91. The van der Waals surface area contributed by atoms with Gasteiger partial charge in [-0.2, -0.15) is 0 Å². The lowest BCUT2D eigenvalue weighted by Gasteiger charge is -2.39. The van der Waals surface area contributed by atoms with Crippen molar-refractivity contribution >= 4 is 29.5 Å². The summed E-state index contributed by atoms with van der Waals surface area (Å²) in [5.41, 5.74) is 5.29. The van der Waals surface area contributed by atoms with Crippen molar-refractivity contribution in [2.45, 2.75) is 44.4 Å². The van der Waals surface area contributed by atoms with E-state index in [1.165, 1.54) is 4.90 Å². The summed E-state index contributed by atoms with van der Waals surface area (Å²) in [6.07, 6.45) is 1.64. The summed E-state index contributed by atoms with van der Waals surface area (Å²) in [4.78, 5) is 36.8. The van der Waals surface area contributed by atoms with Crippen molar-refractivity contribution in [3.63, 3.8) is 0 Å². The van der Waals surface area contributed by atoms with Crippen molar-refractivity contribution in [2.75, 3.05) is 5.75 Å². The van der Waals surface area contributed by atoms with Crippen LogP contribution in [-0.2, 0) is 14.4 Å². The van der Waals surface area contributed by atoms with E-state index in [1.54, 1.807) is 11.8 Å². The van der Waals surface area contributed by atoms with Gasteiger partial charge in [-0.15, -0.1) is 11.8 Å². The lowest BCUT2D eigenvalue weighted by atomic mass is 9.78. The highest BCUT2D eigenvalue weighted by Crippen LogP contribution is 2.37. The zero-order valence-electron chi connectivity index (χ0n) is 11.3. The molecule has 1 heterocycles. The zero-order valence-corrected chi connectivity index (χ0v) is 12.1. The van der Waals surface area contributed by atoms with Crippen LogP contribution in [0.3, 0.4) is 0 Å². The van der Waals surface area contributed by atoms with Crippen LogP contribution in [0.1, 0.15) is 33.1 Å². The van der Waals surface area contributed by atoms with Gasteiger partial charge in [0.25, 0.3) is 0 Å². The molecule has 19 heavy (non-hydrogen) atoms. The number of hydrogen-bond acceptors (Lipinski definition) is 4. The molecule has 0 aromatic carbocycles. The van der Waals surface area contributed by atoms with Crippen LogP contribution in [0, 0.1) is 11.8 Å². The van der Waals surface area contributed by atoms with Gasteiger partial charge in [-0.25, -0.2) is 0 Å². The lowest BCUT2D eigenvalue weighted by Crippen LogP contribution is -2.54.